The van der Waals surface area contributed by atoms with Crippen LogP contribution in [0, 0.1) is 0 Å². The lowest BCUT2D eigenvalue weighted by molar-refractivity contribution is 0.388. The van der Waals surface area contributed by atoms with E-state index in [0.29, 0.717) is 6.04 Å². The van der Waals surface area contributed by atoms with Gasteiger partial charge in [0, 0.05) is 6.04 Å². The second-order valence-corrected chi connectivity index (χ2v) is 3.28. The highest BCUT2D eigenvalue weighted by Gasteiger charge is 1.94. The maximum Gasteiger partial charge on any atom is 0.00104 e. The van der Waals surface area contributed by atoms with Gasteiger partial charge in [-0.05, 0) is 40.4 Å². The Morgan fingerprint density at radius 2 is 1.90 bits per heavy atom. The van der Waals surface area contributed by atoms with Gasteiger partial charge in [-0.1, -0.05) is 6.42 Å². The maximum atomic E-state index is 5.60. The minimum absolute atomic E-state index is 0.377. The van der Waals surface area contributed by atoms with Crippen molar-refractivity contribution in [2.75, 3.05) is 20.6 Å². The lowest BCUT2D eigenvalue weighted by Crippen LogP contribution is -2.16. The number of hydrogen-bond donors (Lipinski definition) is 1. The Morgan fingerprint density at radius 3 is 2.30 bits per heavy atom. The van der Waals surface area contributed by atoms with Gasteiger partial charge < -0.3 is 10.6 Å². The lowest BCUT2D eigenvalue weighted by Gasteiger charge is -2.09. The van der Waals surface area contributed by atoms with Crippen LogP contribution in [0.5, 0.6) is 0 Å². The first kappa shape index (κ1) is 9.92. The van der Waals surface area contributed by atoms with E-state index in [1.54, 1.807) is 0 Å². The van der Waals surface area contributed by atoms with Crippen molar-refractivity contribution >= 4 is 0 Å². The molecule has 2 nitrogen and oxygen atoms in total. The van der Waals surface area contributed by atoms with Crippen molar-refractivity contribution in [1.29, 1.82) is 0 Å². The zero-order valence-electron chi connectivity index (χ0n) is 7.43. The van der Waals surface area contributed by atoms with Crippen LogP contribution < -0.4 is 5.73 Å². The van der Waals surface area contributed by atoms with Gasteiger partial charge in [-0.2, -0.15) is 0 Å². The number of unbranched alkanes of at least 4 members (excludes halogenated alkanes) is 1. The molecule has 2 N–H and O–H groups in total. The SMILES string of the molecule is C[C@H](N)CCCCN(C)C. The minimum atomic E-state index is 0.377. The van der Waals surface area contributed by atoms with Gasteiger partial charge in [0.2, 0.25) is 0 Å². The third-order valence-electron chi connectivity index (χ3n) is 1.51. The van der Waals surface area contributed by atoms with Crippen LogP contribution in [0.2, 0.25) is 0 Å². The van der Waals surface area contributed by atoms with Gasteiger partial charge in [-0.15, -0.1) is 0 Å². The second kappa shape index (κ2) is 5.69. The van der Waals surface area contributed by atoms with E-state index in [1.807, 2.05) is 0 Å². The Bertz CT molecular complexity index is 59.7. The van der Waals surface area contributed by atoms with Crippen molar-refractivity contribution in [3.63, 3.8) is 0 Å². The highest BCUT2D eigenvalue weighted by Crippen LogP contribution is 1.98. The maximum absolute atomic E-state index is 5.60. The number of rotatable bonds is 5. The molecule has 0 aliphatic carbocycles. The third-order valence-corrected chi connectivity index (χ3v) is 1.51. The van der Waals surface area contributed by atoms with Gasteiger partial charge in [-0.25, -0.2) is 0 Å². The summed E-state index contributed by atoms with van der Waals surface area (Å²) in [5, 5.41) is 0. The first-order chi connectivity index (χ1) is 4.63. The molecule has 0 spiro atoms. The van der Waals surface area contributed by atoms with Gasteiger partial charge in [0.15, 0.2) is 0 Å². The molecule has 0 radical (unpaired) electrons. The Balaban J connectivity index is 2.91. The van der Waals surface area contributed by atoms with Crippen LogP contribution in [0.25, 0.3) is 0 Å². The molecule has 0 aromatic rings. The van der Waals surface area contributed by atoms with Crippen molar-refractivity contribution in [2.24, 2.45) is 5.73 Å². The van der Waals surface area contributed by atoms with Gasteiger partial charge in [0.25, 0.3) is 0 Å². The molecule has 62 valence electrons. The van der Waals surface area contributed by atoms with E-state index >= 15 is 0 Å². The summed E-state index contributed by atoms with van der Waals surface area (Å²) in [6.07, 6.45) is 3.69. The Hall–Kier alpha value is -0.0800. The topological polar surface area (TPSA) is 29.3 Å². The van der Waals surface area contributed by atoms with Crippen LogP contribution in [0.1, 0.15) is 26.2 Å². The molecule has 0 aromatic heterocycles. The molecule has 10 heavy (non-hydrogen) atoms. The first-order valence-electron chi connectivity index (χ1n) is 4.03. The van der Waals surface area contributed by atoms with Gasteiger partial charge in [0.05, 0.1) is 0 Å². The fourth-order valence-electron chi connectivity index (χ4n) is 0.894. The van der Waals surface area contributed by atoms with E-state index in [0.717, 1.165) is 6.42 Å². The van der Waals surface area contributed by atoms with Crippen molar-refractivity contribution in [3.05, 3.63) is 0 Å². The van der Waals surface area contributed by atoms with E-state index in [2.05, 4.69) is 25.9 Å². The fraction of sp³-hybridized carbons (Fsp3) is 1.00. The molecule has 2 heteroatoms. The smallest absolute Gasteiger partial charge is 0.00104 e. The normalized spacial score (nSPS) is 14.1. The minimum Gasteiger partial charge on any atom is -0.328 e. The van der Waals surface area contributed by atoms with E-state index in [9.17, 15) is 0 Å². The predicted molar refractivity (Wildman–Crippen MR) is 46.1 cm³/mol. The number of nitrogens with two attached hydrogens (primary N) is 1. The van der Waals surface area contributed by atoms with E-state index in [1.165, 1.54) is 19.4 Å². The molecule has 0 saturated carbocycles. The summed E-state index contributed by atoms with van der Waals surface area (Å²) >= 11 is 0. The van der Waals surface area contributed by atoms with Crippen LogP contribution >= 0.6 is 0 Å². The summed E-state index contributed by atoms with van der Waals surface area (Å²) in [6.45, 7) is 3.25. The molecule has 0 aromatic carbocycles. The van der Waals surface area contributed by atoms with Crippen molar-refractivity contribution < 1.29 is 0 Å². The van der Waals surface area contributed by atoms with Crippen LogP contribution in [0.4, 0.5) is 0 Å². The van der Waals surface area contributed by atoms with Crippen molar-refractivity contribution in [3.8, 4) is 0 Å². The zero-order chi connectivity index (χ0) is 7.98. The van der Waals surface area contributed by atoms with Crippen molar-refractivity contribution in [1.82, 2.24) is 4.90 Å². The first-order valence-corrected chi connectivity index (χ1v) is 4.03. The molecule has 0 amide bonds. The van der Waals surface area contributed by atoms with Gasteiger partial charge in [0.1, 0.15) is 0 Å². The largest absolute Gasteiger partial charge is 0.328 e. The molecule has 0 bridgehead atoms. The molecule has 0 aliphatic rings. The highest BCUT2D eigenvalue weighted by atomic mass is 15.0. The summed E-state index contributed by atoms with van der Waals surface area (Å²) < 4.78 is 0. The molecule has 0 aliphatic heterocycles. The van der Waals surface area contributed by atoms with Gasteiger partial charge >= 0.3 is 0 Å². The third kappa shape index (κ3) is 7.92. The summed E-state index contributed by atoms with van der Waals surface area (Å²) in [5.74, 6) is 0. The average molecular weight is 144 g/mol. The lowest BCUT2D eigenvalue weighted by atomic mass is 10.1. The Kier molecular flexibility index (Phi) is 5.64. The summed E-state index contributed by atoms with van der Waals surface area (Å²) in [7, 11) is 4.21. The fourth-order valence-corrected chi connectivity index (χ4v) is 0.894. The quantitative estimate of drug-likeness (QED) is 0.585. The standard InChI is InChI=1S/C8H20N2/c1-8(9)6-4-5-7-10(2)3/h8H,4-7,9H2,1-3H3/t8-/m0/s1. The van der Waals surface area contributed by atoms with E-state index in [4.69, 9.17) is 5.73 Å². The number of hydrogen-bond acceptors (Lipinski definition) is 2. The molecule has 0 fully saturated rings. The Morgan fingerprint density at radius 1 is 1.30 bits per heavy atom. The molecular formula is C8H20N2. The molecule has 0 heterocycles. The molecule has 0 unspecified atom stereocenters. The number of nitrogens with zero attached hydrogens (tertiary/aromatic N) is 1. The van der Waals surface area contributed by atoms with Crippen LogP contribution in [-0.4, -0.2) is 31.6 Å². The highest BCUT2D eigenvalue weighted by molar-refractivity contribution is 4.53. The summed E-state index contributed by atoms with van der Waals surface area (Å²) in [5.41, 5.74) is 5.60. The molecular weight excluding hydrogens is 124 g/mol. The van der Waals surface area contributed by atoms with Crippen molar-refractivity contribution in [2.45, 2.75) is 32.2 Å². The summed E-state index contributed by atoms with van der Waals surface area (Å²) in [6, 6.07) is 0.377. The van der Waals surface area contributed by atoms with E-state index < -0.39 is 0 Å². The average Bonchev–Trinajstić information content (AvgIpc) is 1.79. The zero-order valence-corrected chi connectivity index (χ0v) is 7.43. The predicted octanol–water partition coefficient (Wildman–Crippen LogP) is 1.07. The molecule has 1 atom stereocenters. The summed E-state index contributed by atoms with van der Waals surface area (Å²) in [4.78, 5) is 2.21. The van der Waals surface area contributed by atoms with Gasteiger partial charge in [-0.3, -0.25) is 0 Å². The monoisotopic (exact) mass is 144 g/mol. The van der Waals surface area contributed by atoms with Crippen LogP contribution in [0.3, 0.4) is 0 Å². The molecule has 0 rings (SSSR count). The Labute approximate surface area is 64.4 Å². The second-order valence-electron chi connectivity index (χ2n) is 3.28. The molecule has 0 saturated heterocycles. The van der Waals surface area contributed by atoms with E-state index in [-0.39, 0.29) is 0 Å². The van der Waals surface area contributed by atoms with Crippen LogP contribution in [-0.2, 0) is 0 Å². The van der Waals surface area contributed by atoms with Crippen LogP contribution in [0.15, 0.2) is 0 Å².